The number of nitrogens with zero attached hydrogens (tertiary/aromatic N) is 5. The van der Waals surface area contributed by atoms with Crippen molar-refractivity contribution < 1.29 is 4.74 Å². The minimum Gasteiger partial charge on any atom is -0.378 e. The number of hydrogen-bond donors (Lipinski definition) is 0. The first-order valence-corrected chi connectivity index (χ1v) is 11.6. The van der Waals surface area contributed by atoms with Gasteiger partial charge in [-0.3, -0.25) is 4.90 Å². The molecule has 6 nitrogen and oxygen atoms in total. The van der Waals surface area contributed by atoms with Crippen molar-refractivity contribution >= 4 is 11.6 Å². The van der Waals surface area contributed by atoms with Crippen LogP contribution in [-0.4, -0.2) is 55.8 Å². The van der Waals surface area contributed by atoms with Crippen LogP contribution in [-0.2, 0) is 24.2 Å². The Kier molecular flexibility index (Phi) is 6.06. The number of hydrogen-bond acceptors (Lipinski definition) is 6. The topological polar surface area (TPSA) is 55.6 Å². The maximum Gasteiger partial charge on any atom is 0.149 e. The largest absolute Gasteiger partial charge is 0.378 e. The number of rotatable bonds is 4. The Morgan fingerprint density at radius 2 is 1.61 bits per heavy atom. The van der Waals surface area contributed by atoms with Gasteiger partial charge in [-0.15, -0.1) is 0 Å². The van der Waals surface area contributed by atoms with Crippen molar-refractivity contribution in [2.24, 2.45) is 0 Å². The van der Waals surface area contributed by atoms with E-state index in [1.807, 2.05) is 0 Å². The zero-order valence-electron chi connectivity index (χ0n) is 18.2. The molecule has 0 amide bonds. The van der Waals surface area contributed by atoms with Crippen LogP contribution >= 0.6 is 0 Å². The van der Waals surface area contributed by atoms with Gasteiger partial charge >= 0.3 is 0 Å². The summed E-state index contributed by atoms with van der Waals surface area (Å²) in [6.45, 7) is 7.96. The maximum absolute atomic E-state index is 10.1. The first kappa shape index (κ1) is 20.3. The smallest absolute Gasteiger partial charge is 0.149 e. The first-order valence-electron chi connectivity index (χ1n) is 11.6. The van der Waals surface area contributed by atoms with Crippen LogP contribution in [0.1, 0.15) is 41.5 Å². The van der Waals surface area contributed by atoms with Gasteiger partial charge in [0.15, 0.2) is 0 Å². The van der Waals surface area contributed by atoms with Gasteiger partial charge in [0, 0.05) is 51.4 Å². The number of aromatic nitrogens is 1. The number of morpholine rings is 1. The van der Waals surface area contributed by atoms with Crippen LogP contribution in [0.3, 0.4) is 0 Å². The van der Waals surface area contributed by atoms with E-state index in [1.54, 1.807) is 0 Å². The Hall–Kier alpha value is -2.62. The second-order valence-corrected chi connectivity index (χ2v) is 8.80. The first-order chi connectivity index (χ1) is 15.3. The van der Waals surface area contributed by atoms with Crippen LogP contribution in [0.25, 0.3) is 0 Å². The third kappa shape index (κ3) is 4.26. The zero-order valence-corrected chi connectivity index (χ0v) is 18.2. The van der Waals surface area contributed by atoms with Crippen LogP contribution < -0.4 is 9.80 Å². The summed E-state index contributed by atoms with van der Waals surface area (Å²) >= 11 is 0. The van der Waals surface area contributed by atoms with E-state index in [-0.39, 0.29) is 0 Å². The Morgan fingerprint density at radius 1 is 0.871 bits per heavy atom. The molecule has 0 atom stereocenters. The highest BCUT2D eigenvalue weighted by atomic mass is 16.5. The molecule has 0 aliphatic carbocycles. The molecule has 0 N–H and O–H groups in total. The lowest BCUT2D eigenvalue weighted by Gasteiger charge is -2.37. The Balaban J connectivity index is 1.53. The predicted molar refractivity (Wildman–Crippen MR) is 122 cm³/mol. The number of anilines is 2. The molecule has 3 aliphatic rings. The van der Waals surface area contributed by atoms with E-state index < -0.39 is 0 Å². The maximum atomic E-state index is 10.1. The van der Waals surface area contributed by atoms with Gasteiger partial charge in [0.25, 0.3) is 0 Å². The van der Waals surface area contributed by atoms with Gasteiger partial charge in [-0.1, -0.05) is 30.3 Å². The number of benzene rings is 1. The molecular weight excluding hydrogens is 386 g/mol. The molecule has 0 spiro atoms. The summed E-state index contributed by atoms with van der Waals surface area (Å²) in [6.07, 6.45) is 4.54. The van der Waals surface area contributed by atoms with E-state index in [0.717, 1.165) is 82.6 Å². The van der Waals surface area contributed by atoms with Crippen molar-refractivity contribution in [3.05, 3.63) is 52.6 Å². The van der Waals surface area contributed by atoms with Gasteiger partial charge in [-0.25, -0.2) is 4.98 Å². The minimum absolute atomic E-state index is 0.739. The third-order valence-electron chi connectivity index (χ3n) is 6.76. The van der Waals surface area contributed by atoms with Crippen LogP contribution in [0.2, 0.25) is 0 Å². The molecule has 0 radical (unpaired) electrons. The van der Waals surface area contributed by atoms with Crippen LogP contribution in [0.15, 0.2) is 30.3 Å². The van der Waals surface area contributed by atoms with Gasteiger partial charge < -0.3 is 14.5 Å². The fourth-order valence-corrected chi connectivity index (χ4v) is 5.12. The lowest BCUT2D eigenvalue weighted by molar-refractivity contribution is 0.122. The van der Waals surface area contributed by atoms with Crippen molar-refractivity contribution in [1.29, 1.82) is 5.26 Å². The summed E-state index contributed by atoms with van der Waals surface area (Å²) in [5.74, 6) is 1.99. The molecule has 0 bridgehead atoms. The Morgan fingerprint density at radius 3 is 2.35 bits per heavy atom. The second-order valence-electron chi connectivity index (χ2n) is 8.80. The van der Waals surface area contributed by atoms with Gasteiger partial charge in [-0.2, -0.15) is 5.26 Å². The molecule has 5 rings (SSSR count). The molecule has 1 aromatic heterocycles. The molecule has 3 aliphatic heterocycles. The van der Waals surface area contributed by atoms with Crippen molar-refractivity contribution in [3.63, 3.8) is 0 Å². The predicted octanol–water partition coefficient (Wildman–Crippen LogP) is 3.34. The highest BCUT2D eigenvalue weighted by Crippen LogP contribution is 2.36. The zero-order chi connectivity index (χ0) is 21.0. The van der Waals surface area contributed by atoms with Crippen molar-refractivity contribution in [2.75, 3.05) is 55.7 Å². The van der Waals surface area contributed by atoms with Crippen LogP contribution in [0.5, 0.6) is 0 Å². The Bertz CT molecular complexity index is 943. The van der Waals surface area contributed by atoms with Crippen molar-refractivity contribution in [3.8, 4) is 6.07 Å². The number of pyridine rings is 1. The Labute approximate surface area is 185 Å². The van der Waals surface area contributed by atoms with Crippen LogP contribution in [0, 0.1) is 11.3 Å². The molecule has 1 aromatic carbocycles. The van der Waals surface area contributed by atoms with Crippen molar-refractivity contribution in [1.82, 2.24) is 9.88 Å². The monoisotopic (exact) mass is 417 g/mol. The SMILES string of the molecule is N#Cc1c(N2CCCCC2)nc(N2CCOCC2)c2c1CCN(Cc1ccccc1)C2. The third-order valence-corrected chi connectivity index (χ3v) is 6.76. The van der Waals surface area contributed by atoms with Gasteiger partial charge in [0.05, 0.1) is 18.8 Å². The summed E-state index contributed by atoms with van der Waals surface area (Å²) in [4.78, 5) is 12.4. The quantitative estimate of drug-likeness (QED) is 0.761. The van der Waals surface area contributed by atoms with E-state index in [9.17, 15) is 5.26 Å². The highest BCUT2D eigenvalue weighted by Gasteiger charge is 2.30. The summed E-state index contributed by atoms with van der Waals surface area (Å²) in [6, 6.07) is 13.2. The molecule has 2 saturated heterocycles. The fraction of sp³-hybridized carbons (Fsp3) is 0.520. The highest BCUT2D eigenvalue weighted by molar-refractivity contribution is 5.68. The molecule has 4 heterocycles. The standard InChI is InChI=1S/C25H31N5O/c26-17-22-21-9-12-28(18-20-7-3-1-4-8-20)19-23(21)25(30-13-15-31-16-14-30)27-24(22)29-10-5-2-6-11-29/h1,3-4,7-8H,2,5-6,9-16,18-19H2. The molecule has 6 heteroatoms. The van der Waals surface area contributed by atoms with E-state index in [0.29, 0.717) is 0 Å². The van der Waals surface area contributed by atoms with E-state index in [4.69, 9.17) is 9.72 Å². The summed E-state index contributed by atoms with van der Waals surface area (Å²) in [7, 11) is 0. The molecule has 31 heavy (non-hydrogen) atoms. The second kappa shape index (κ2) is 9.25. The fourth-order valence-electron chi connectivity index (χ4n) is 5.12. The number of ether oxygens (including phenoxy) is 1. The lowest BCUT2D eigenvalue weighted by atomic mass is 9.94. The number of piperidine rings is 1. The van der Waals surface area contributed by atoms with E-state index in [1.165, 1.54) is 36.0 Å². The molecule has 0 unspecified atom stereocenters. The number of nitriles is 1. The molecule has 162 valence electrons. The van der Waals surface area contributed by atoms with E-state index in [2.05, 4.69) is 51.1 Å². The molecular formula is C25H31N5O. The molecule has 0 saturated carbocycles. The normalized spacial score (nSPS) is 19.7. The molecule has 2 aromatic rings. The van der Waals surface area contributed by atoms with E-state index >= 15 is 0 Å². The van der Waals surface area contributed by atoms with Gasteiger partial charge in [-0.05, 0) is 36.8 Å². The summed E-state index contributed by atoms with van der Waals surface area (Å²) in [5, 5.41) is 10.1. The average Bonchev–Trinajstić information content (AvgIpc) is 2.84. The van der Waals surface area contributed by atoms with Crippen molar-refractivity contribution in [2.45, 2.75) is 38.8 Å². The van der Waals surface area contributed by atoms with Crippen LogP contribution in [0.4, 0.5) is 11.6 Å². The minimum atomic E-state index is 0.739. The number of fused-ring (bicyclic) bond motifs is 1. The summed E-state index contributed by atoms with van der Waals surface area (Å²) in [5.41, 5.74) is 4.62. The van der Waals surface area contributed by atoms with Gasteiger partial charge in [0.2, 0.25) is 0 Å². The average molecular weight is 418 g/mol. The summed E-state index contributed by atoms with van der Waals surface area (Å²) < 4.78 is 5.61. The van der Waals surface area contributed by atoms with Gasteiger partial charge in [0.1, 0.15) is 17.7 Å². The molecule has 2 fully saturated rings. The lowest BCUT2D eigenvalue weighted by Crippen LogP contribution is -2.40.